The molecular formula is C12H18O2. The van der Waals surface area contributed by atoms with E-state index in [1.807, 2.05) is 13.8 Å². The predicted molar refractivity (Wildman–Crippen MR) is 55.7 cm³/mol. The van der Waals surface area contributed by atoms with Gasteiger partial charge in [0.05, 0.1) is 6.10 Å². The summed E-state index contributed by atoms with van der Waals surface area (Å²) in [6.45, 7) is 6.04. The molecule has 0 spiro atoms. The van der Waals surface area contributed by atoms with Crippen LogP contribution in [0.25, 0.3) is 0 Å². The van der Waals surface area contributed by atoms with Crippen molar-refractivity contribution in [3.8, 4) is 0 Å². The third kappa shape index (κ3) is 1.85. The molecule has 1 unspecified atom stereocenters. The molecule has 2 rings (SSSR count). The molecular weight excluding hydrogens is 176 g/mol. The van der Waals surface area contributed by atoms with Crippen LogP contribution < -0.4 is 0 Å². The van der Waals surface area contributed by atoms with Crippen LogP contribution in [0.4, 0.5) is 0 Å². The molecule has 1 aliphatic heterocycles. The Morgan fingerprint density at radius 1 is 1.43 bits per heavy atom. The first kappa shape index (κ1) is 9.78. The second-order valence-corrected chi connectivity index (χ2v) is 4.45. The van der Waals surface area contributed by atoms with Gasteiger partial charge in [0.25, 0.3) is 0 Å². The van der Waals surface area contributed by atoms with Crippen LogP contribution in [0, 0.1) is 0 Å². The molecule has 0 radical (unpaired) electrons. The van der Waals surface area contributed by atoms with Crippen molar-refractivity contribution < 1.29 is 9.47 Å². The smallest absolute Gasteiger partial charge is 0.205 e. The second-order valence-electron chi connectivity index (χ2n) is 4.45. The van der Waals surface area contributed by atoms with Crippen molar-refractivity contribution >= 4 is 0 Å². The van der Waals surface area contributed by atoms with Crippen molar-refractivity contribution in [2.75, 3.05) is 0 Å². The molecule has 14 heavy (non-hydrogen) atoms. The second kappa shape index (κ2) is 3.43. The lowest BCUT2D eigenvalue weighted by molar-refractivity contribution is -0.220. The number of hydrogen-bond donors (Lipinski definition) is 0. The Morgan fingerprint density at radius 2 is 2.21 bits per heavy atom. The average molecular weight is 194 g/mol. The first-order chi connectivity index (χ1) is 6.58. The third-order valence-electron chi connectivity index (χ3n) is 2.71. The molecule has 0 aromatic carbocycles. The summed E-state index contributed by atoms with van der Waals surface area (Å²) in [6.07, 6.45) is 7.92. The fourth-order valence-corrected chi connectivity index (χ4v) is 2.12. The minimum absolute atomic E-state index is 0.191. The van der Waals surface area contributed by atoms with E-state index in [9.17, 15) is 0 Å². The van der Waals surface area contributed by atoms with Crippen LogP contribution in [0.1, 0.15) is 40.0 Å². The minimum atomic E-state index is -0.479. The van der Waals surface area contributed by atoms with Gasteiger partial charge in [-0.05, 0) is 32.3 Å². The largest absolute Gasteiger partial charge is 0.463 e. The van der Waals surface area contributed by atoms with Crippen molar-refractivity contribution in [1.29, 1.82) is 0 Å². The Kier molecular flexibility index (Phi) is 2.40. The van der Waals surface area contributed by atoms with Gasteiger partial charge in [-0.15, -0.1) is 0 Å². The van der Waals surface area contributed by atoms with Crippen molar-refractivity contribution in [3.05, 3.63) is 23.5 Å². The molecule has 0 saturated carbocycles. The number of allylic oxidation sites excluding steroid dienone is 2. The van der Waals surface area contributed by atoms with E-state index < -0.39 is 5.79 Å². The Hall–Kier alpha value is -0.760. The van der Waals surface area contributed by atoms with E-state index in [0.29, 0.717) is 0 Å². The lowest BCUT2D eigenvalue weighted by Gasteiger charge is -2.37. The quantitative estimate of drug-likeness (QED) is 0.589. The van der Waals surface area contributed by atoms with E-state index in [1.165, 1.54) is 12.0 Å². The summed E-state index contributed by atoms with van der Waals surface area (Å²) in [5, 5.41) is 0. The Morgan fingerprint density at radius 3 is 3.00 bits per heavy atom. The molecule has 0 saturated heterocycles. The van der Waals surface area contributed by atoms with Gasteiger partial charge in [0.2, 0.25) is 5.79 Å². The highest BCUT2D eigenvalue weighted by molar-refractivity contribution is 5.26. The molecule has 1 heterocycles. The van der Waals surface area contributed by atoms with E-state index >= 15 is 0 Å². The fraction of sp³-hybridized carbons (Fsp3) is 0.667. The highest BCUT2D eigenvalue weighted by Crippen LogP contribution is 2.34. The molecule has 0 fully saturated rings. The van der Waals surface area contributed by atoms with Crippen molar-refractivity contribution in [3.63, 3.8) is 0 Å². The molecule has 0 amide bonds. The van der Waals surface area contributed by atoms with Gasteiger partial charge in [0.15, 0.2) is 0 Å². The lowest BCUT2D eigenvalue weighted by atomic mass is 10.0. The fourth-order valence-electron chi connectivity index (χ4n) is 2.12. The normalized spacial score (nSPS) is 30.6. The Labute approximate surface area is 85.6 Å². The highest BCUT2D eigenvalue weighted by atomic mass is 16.7. The van der Waals surface area contributed by atoms with Crippen molar-refractivity contribution in [2.45, 2.75) is 51.9 Å². The summed E-state index contributed by atoms with van der Waals surface area (Å²) in [6, 6.07) is 0. The van der Waals surface area contributed by atoms with Gasteiger partial charge in [-0.25, -0.2) is 0 Å². The molecule has 2 heteroatoms. The monoisotopic (exact) mass is 194 g/mol. The molecule has 78 valence electrons. The van der Waals surface area contributed by atoms with Crippen LogP contribution in [0.15, 0.2) is 23.5 Å². The standard InChI is InChI=1S/C12H18O2/c1-9-10-7-5-4-6-8-11(10)14-12(2,3)13-9/h6,8-9H,4-5,7H2,1-3H3. The maximum Gasteiger partial charge on any atom is 0.205 e. The van der Waals surface area contributed by atoms with Crippen LogP contribution in [0.3, 0.4) is 0 Å². The molecule has 0 N–H and O–H groups in total. The van der Waals surface area contributed by atoms with Crippen molar-refractivity contribution in [2.24, 2.45) is 0 Å². The first-order valence-electron chi connectivity index (χ1n) is 5.35. The number of hydrogen-bond acceptors (Lipinski definition) is 2. The van der Waals surface area contributed by atoms with Crippen LogP contribution in [0.2, 0.25) is 0 Å². The van der Waals surface area contributed by atoms with E-state index in [4.69, 9.17) is 9.47 Å². The van der Waals surface area contributed by atoms with E-state index in [0.717, 1.165) is 18.6 Å². The summed E-state index contributed by atoms with van der Waals surface area (Å²) in [5.41, 5.74) is 1.32. The molecule has 2 nitrogen and oxygen atoms in total. The van der Waals surface area contributed by atoms with Crippen LogP contribution in [-0.2, 0) is 9.47 Å². The van der Waals surface area contributed by atoms with Gasteiger partial charge in [0.1, 0.15) is 5.76 Å². The number of rotatable bonds is 0. The van der Waals surface area contributed by atoms with Gasteiger partial charge in [-0.2, -0.15) is 0 Å². The average Bonchev–Trinajstić information content (AvgIpc) is 2.27. The lowest BCUT2D eigenvalue weighted by Crippen LogP contribution is -2.37. The zero-order chi connectivity index (χ0) is 10.2. The van der Waals surface area contributed by atoms with Gasteiger partial charge < -0.3 is 9.47 Å². The zero-order valence-corrected chi connectivity index (χ0v) is 9.17. The maximum atomic E-state index is 5.80. The molecule has 0 aromatic heterocycles. The SMILES string of the molecule is CC1OC(C)(C)OC2=C1CCCC=C2. The van der Waals surface area contributed by atoms with Gasteiger partial charge >= 0.3 is 0 Å². The number of ether oxygens (including phenoxy) is 2. The topological polar surface area (TPSA) is 18.5 Å². The van der Waals surface area contributed by atoms with Gasteiger partial charge in [-0.1, -0.05) is 6.08 Å². The highest BCUT2D eigenvalue weighted by Gasteiger charge is 2.32. The summed E-state index contributed by atoms with van der Waals surface area (Å²) < 4.78 is 11.6. The molecule has 0 bridgehead atoms. The summed E-state index contributed by atoms with van der Waals surface area (Å²) in [5.74, 6) is 0.554. The third-order valence-corrected chi connectivity index (χ3v) is 2.71. The summed E-state index contributed by atoms with van der Waals surface area (Å²) in [4.78, 5) is 0. The minimum Gasteiger partial charge on any atom is -0.463 e. The van der Waals surface area contributed by atoms with Gasteiger partial charge in [0, 0.05) is 19.4 Å². The molecule has 2 aliphatic rings. The van der Waals surface area contributed by atoms with E-state index in [-0.39, 0.29) is 6.10 Å². The van der Waals surface area contributed by atoms with Crippen LogP contribution >= 0.6 is 0 Å². The first-order valence-corrected chi connectivity index (χ1v) is 5.35. The van der Waals surface area contributed by atoms with Crippen LogP contribution in [0.5, 0.6) is 0 Å². The molecule has 1 aliphatic carbocycles. The van der Waals surface area contributed by atoms with Crippen molar-refractivity contribution in [1.82, 2.24) is 0 Å². The Balaban J connectivity index is 2.31. The summed E-state index contributed by atoms with van der Waals surface area (Å²) in [7, 11) is 0. The van der Waals surface area contributed by atoms with Crippen LogP contribution in [-0.4, -0.2) is 11.9 Å². The molecule has 1 atom stereocenters. The Bertz CT molecular complexity index is 287. The van der Waals surface area contributed by atoms with E-state index in [1.54, 1.807) is 0 Å². The van der Waals surface area contributed by atoms with Gasteiger partial charge in [-0.3, -0.25) is 0 Å². The molecule has 0 aromatic rings. The predicted octanol–water partition coefficient (Wildman–Crippen LogP) is 3.15. The zero-order valence-electron chi connectivity index (χ0n) is 9.17. The summed E-state index contributed by atoms with van der Waals surface area (Å²) >= 11 is 0. The maximum absolute atomic E-state index is 5.80. The van der Waals surface area contributed by atoms with E-state index in [2.05, 4.69) is 19.1 Å².